The molecular formula is C14H14N6. The highest BCUT2D eigenvalue weighted by Gasteiger charge is 2.16. The van der Waals surface area contributed by atoms with Crippen molar-refractivity contribution in [2.24, 2.45) is 7.05 Å². The average Bonchev–Trinajstić information content (AvgIpc) is 2.89. The molecule has 0 saturated heterocycles. The first-order valence-electron chi connectivity index (χ1n) is 6.25. The second-order valence-corrected chi connectivity index (χ2v) is 4.69. The van der Waals surface area contributed by atoms with Crippen molar-refractivity contribution < 1.29 is 0 Å². The summed E-state index contributed by atoms with van der Waals surface area (Å²) in [6.07, 6.45) is 0.403. The normalized spacial score (nSPS) is 10.8. The molecule has 0 fully saturated rings. The molecule has 6 nitrogen and oxygen atoms in total. The minimum Gasteiger partial charge on any atom is -0.369 e. The molecule has 0 radical (unpaired) electrons. The summed E-state index contributed by atoms with van der Waals surface area (Å²) in [6, 6.07) is 9.86. The molecule has 0 aliphatic carbocycles. The van der Waals surface area contributed by atoms with Gasteiger partial charge in [0.15, 0.2) is 5.65 Å². The second-order valence-electron chi connectivity index (χ2n) is 4.69. The van der Waals surface area contributed by atoms with Crippen LogP contribution in [0.2, 0.25) is 0 Å². The lowest BCUT2D eigenvalue weighted by Gasteiger charge is -2.07. The number of nitriles is 1. The van der Waals surface area contributed by atoms with Gasteiger partial charge in [-0.2, -0.15) is 10.4 Å². The van der Waals surface area contributed by atoms with Crippen LogP contribution in [0.25, 0.3) is 16.9 Å². The van der Waals surface area contributed by atoms with E-state index in [1.165, 1.54) is 0 Å². The molecule has 6 heteroatoms. The van der Waals surface area contributed by atoms with Crippen molar-refractivity contribution in [1.82, 2.24) is 19.3 Å². The lowest BCUT2D eigenvalue weighted by atomic mass is 10.1. The van der Waals surface area contributed by atoms with Crippen LogP contribution in [0.15, 0.2) is 24.3 Å². The minimum absolute atomic E-state index is 0.403. The number of nitrogens with zero attached hydrogens (tertiary/aromatic N) is 5. The molecule has 0 bridgehead atoms. The summed E-state index contributed by atoms with van der Waals surface area (Å²) in [5.41, 5.74) is 10.4. The van der Waals surface area contributed by atoms with Gasteiger partial charge in [-0.3, -0.25) is 4.57 Å². The van der Waals surface area contributed by atoms with E-state index < -0.39 is 0 Å². The van der Waals surface area contributed by atoms with Gasteiger partial charge in [-0.25, -0.2) is 9.67 Å². The number of aryl methyl sites for hydroxylation is 2. The van der Waals surface area contributed by atoms with E-state index in [2.05, 4.69) is 16.2 Å². The molecule has 0 atom stereocenters. The zero-order valence-corrected chi connectivity index (χ0v) is 11.3. The van der Waals surface area contributed by atoms with Crippen LogP contribution in [0.3, 0.4) is 0 Å². The molecule has 3 aromatic rings. The van der Waals surface area contributed by atoms with Gasteiger partial charge in [0.05, 0.1) is 23.9 Å². The third-order valence-corrected chi connectivity index (χ3v) is 3.31. The van der Waals surface area contributed by atoms with E-state index in [1.807, 2.05) is 42.8 Å². The van der Waals surface area contributed by atoms with Gasteiger partial charge in [0, 0.05) is 7.05 Å². The number of fused-ring (bicyclic) bond motifs is 1. The zero-order chi connectivity index (χ0) is 14.3. The Labute approximate surface area is 116 Å². The summed E-state index contributed by atoms with van der Waals surface area (Å²) in [5.74, 6) is 0.434. The molecule has 20 heavy (non-hydrogen) atoms. The molecule has 0 saturated carbocycles. The molecule has 1 aromatic carbocycles. The first-order valence-corrected chi connectivity index (χ1v) is 6.25. The predicted molar refractivity (Wildman–Crippen MR) is 76.3 cm³/mol. The maximum absolute atomic E-state index is 8.70. The molecule has 100 valence electrons. The number of nitrogens with two attached hydrogens (primary N) is 1. The number of rotatable bonds is 2. The van der Waals surface area contributed by atoms with E-state index in [0.29, 0.717) is 12.4 Å². The van der Waals surface area contributed by atoms with Gasteiger partial charge >= 0.3 is 0 Å². The van der Waals surface area contributed by atoms with Crippen molar-refractivity contribution in [3.8, 4) is 11.8 Å². The SMILES string of the molecule is Cc1nn(C)c2c1nc(N)n2-c1ccc(CC#N)cc1. The largest absolute Gasteiger partial charge is 0.369 e. The fourth-order valence-corrected chi connectivity index (χ4v) is 2.40. The Hall–Kier alpha value is -2.81. The molecule has 2 N–H and O–H groups in total. The van der Waals surface area contributed by atoms with Crippen LogP contribution in [0, 0.1) is 18.3 Å². The Balaban J connectivity index is 2.19. The van der Waals surface area contributed by atoms with Crippen molar-refractivity contribution in [3.63, 3.8) is 0 Å². The molecule has 0 unspecified atom stereocenters. The Bertz CT molecular complexity index is 816. The number of aromatic nitrogens is 4. The van der Waals surface area contributed by atoms with Crippen molar-refractivity contribution >= 4 is 17.1 Å². The fourth-order valence-electron chi connectivity index (χ4n) is 2.40. The van der Waals surface area contributed by atoms with E-state index in [0.717, 1.165) is 28.1 Å². The van der Waals surface area contributed by atoms with Crippen LogP contribution < -0.4 is 5.73 Å². The standard InChI is InChI=1S/C14H14N6/c1-9-12-13(19(2)18-9)20(14(16)17-12)11-5-3-10(4-6-11)7-8-15/h3-6H,7H2,1-2H3,(H2,16,17). The van der Waals surface area contributed by atoms with Gasteiger partial charge < -0.3 is 5.73 Å². The van der Waals surface area contributed by atoms with E-state index in [4.69, 9.17) is 11.0 Å². The van der Waals surface area contributed by atoms with Gasteiger partial charge in [0.1, 0.15) is 5.52 Å². The van der Waals surface area contributed by atoms with Gasteiger partial charge in [-0.1, -0.05) is 12.1 Å². The van der Waals surface area contributed by atoms with E-state index >= 15 is 0 Å². The fraction of sp³-hybridized carbons (Fsp3) is 0.214. The van der Waals surface area contributed by atoms with Gasteiger partial charge in [-0.15, -0.1) is 0 Å². The number of anilines is 1. The molecule has 0 aliphatic rings. The number of nitrogen functional groups attached to an aromatic ring is 1. The van der Waals surface area contributed by atoms with Crippen LogP contribution in [0.1, 0.15) is 11.3 Å². The van der Waals surface area contributed by atoms with E-state index in [9.17, 15) is 0 Å². The second kappa shape index (κ2) is 4.38. The van der Waals surface area contributed by atoms with Crippen molar-refractivity contribution in [2.75, 3.05) is 5.73 Å². The molecular weight excluding hydrogens is 252 g/mol. The van der Waals surface area contributed by atoms with Gasteiger partial charge in [0.25, 0.3) is 0 Å². The summed E-state index contributed by atoms with van der Waals surface area (Å²) in [7, 11) is 1.87. The van der Waals surface area contributed by atoms with Crippen LogP contribution >= 0.6 is 0 Å². The highest BCUT2D eigenvalue weighted by Crippen LogP contribution is 2.24. The highest BCUT2D eigenvalue weighted by molar-refractivity contribution is 5.79. The monoisotopic (exact) mass is 266 g/mol. The summed E-state index contributed by atoms with van der Waals surface area (Å²) in [5, 5.41) is 13.1. The van der Waals surface area contributed by atoms with Gasteiger partial charge in [-0.05, 0) is 24.6 Å². The Kier molecular flexibility index (Phi) is 2.68. The number of hydrogen-bond acceptors (Lipinski definition) is 4. The van der Waals surface area contributed by atoms with E-state index in [1.54, 1.807) is 4.68 Å². The maximum Gasteiger partial charge on any atom is 0.207 e. The van der Waals surface area contributed by atoms with Crippen LogP contribution in [0.4, 0.5) is 5.95 Å². The molecule has 0 amide bonds. The van der Waals surface area contributed by atoms with Gasteiger partial charge in [0.2, 0.25) is 5.95 Å². The first kappa shape index (κ1) is 12.2. The Morgan fingerprint density at radius 3 is 2.65 bits per heavy atom. The first-order chi connectivity index (χ1) is 9.61. The lowest BCUT2D eigenvalue weighted by Crippen LogP contribution is -2.04. The summed E-state index contributed by atoms with van der Waals surface area (Å²) in [4.78, 5) is 4.37. The highest BCUT2D eigenvalue weighted by atomic mass is 15.3. The number of hydrogen-bond donors (Lipinski definition) is 1. The average molecular weight is 266 g/mol. The predicted octanol–water partition coefficient (Wildman–Crippen LogP) is 1.72. The topological polar surface area (TPSA) is 85.5 Å². The molecule has 3 rings (SSSR count). The Morgan fingerprint density at radius 1 is 1.30 bits per heavy atom. The van der Waals surface area contributed by atoms with Crippen molar-refractivity contribution in [1.29, 1.82) is 5.26 Å². The summed E-state index contributed by atoms with van der Waals surface area (Å²) in [6.45, 7) is 1.91. The third kappa shape index (κ3) is 1.72. The Morgan fingerprint density at radius 2 is 2.00 bits per heavy atom. The number of imidazole rings is 1. The molecule has 2 heterocycles. The van der Waals surface area contributed by atoms with Crippen LogP contribution in [-0.4, -0.2) is 19.3 Å². The quantitative estimate of drug-likeness (QED) is 0.765. The smallest absolute Gasteiger partial charge is 0.207 e. The molecule has 2 aromatic heterocycles. The summed E-state index contributed by atoms with van der Waals surface area (Å²) < 4.78 is 3.64. The van der Waals surface area contributed by atoms with Crippen LogP contribution in [0.5, 0.6) is 0 Å². The van der Waals surface area contributed by atoms with Crippen molar-refractivity contribution in [3.05, 3.63) is 35.5 Å². The molecule has 0 spiro atoms. The maximum atomic E-state index is 8.70. The minimum atomic E-state index is 0.403. The van der Waals surface area contributed by atoms with Crippen LogP contribution in [-0.2, 0) is 13.5 Å². The van der Waals surface area contributed by atoms with Crippen molar-refractivity contribution in [2.45, 2.75) is 13.3 Å². The number of benzene rings is 1. The van der Waals surface area contributed by atoms with E-state index in [-0.39, 0.29) is 0 Å². The molecule has 0 aliphatic heterocycles. The lowest BCUT2D eigenvalue weighted by molar-refractivity contribution is 0.762. The third-order valence-electron chi connectivity index (χ3n) is 3.31. The zero-order valence-electron chi connectivity index (χ0n) is 11.3. The summed E-state index contributed by atoms with van der Waals surface area (Å²) >= 11 is 0.